The molecule has 1 aromatic carbocycles. The monoisotopic (exact) mass is 345 g/mol. The lowest BCUT2D eigenvalue weighted by Gasteiger charge is -2.40. The van der Waals surface area contributed by atoms with Gasteiger partial charge in [0.2, 0.25) is 0 Å². The van der Waals surface area contributed by atoms with Crippen molar-refractivity contribution < 1.29 is 4.74 Å². The molecular formula is C18H19NO2S2. The molecule has 5 rings (SSSR count). The number of aromatic nitrogens is 1. The van der Waals surface area contributed by atoms with E-state index in [0.29, 0.717) is 17.1 Å². The van der Waals surface area contributed by atoms with Crippen LogP contribution in [0.25, 0.3) is 0 Å². The molecule has 2 bridgehead atoms. The van der Waals surface area contributed by atoms with Gasteiger partial charge in [-0.05, 0) is 54.7 Å². The molecule has 5 atom stereocenters. The van der Waals surface area contributed by atoms with E-state index >= 15 is 0 Å². The number of nitrogens with one attached hydrogen (secondary N) is 1. The Labute approximate surface area is 143 Å². The Morgan fingerprint density at radius 3 is 2.74 bits per heavy atom. The Hall–Kier alpha value is -1.20. The van der Waals surface area contributed by atoms with Crippen molar-refractivity contribution in [2.75, 3.05) is 7.11 Å². The van der Waals surface area contributed by atoms with E-state index in [2.05, 4.69) is 17.1 Å². The average Bonchev–Trinajstić information content (AvgIpc) is 3.26. The minimum atomic E-state index is 0.0910. The molecule has 3 nitrogen and oxygen atoms in total. The summed E-state index contributed by atoms with van der Waals surface area (Å²) < 4.78 is 5.31. The molecule has 23 heavy (non-hydrogen) atoms. The molecule has 2 saturated carbocycles. The smallest absolute Gasteiger partial charge is 0.305 e. The second-order valence-corrected chi connectivity index (χ2v) is 9.15. The number of hydrogen-bond donors (Lipinski definition) is 1. The maximum absolute atomic E-state index is 12.0. The Kier molecular flexibility index (Phi) is 3.17. The molecule has 1 aliphatic heterocycles. The van der Waals surface area contributed by atoms with Gasteiger partial charge in [-0.2, -0.15) is 0 Å². The lowest BCUT2D eigenvalue weighted by Crippen LogP contribution is -2.33. The van der Waals surface area contributed by atoms with Crippen molar-refractivity contribution in [2.45, 2.75) is 35.5 Å². The molecule has 5 heteroatoms. The first-order valence-electron chi connectivity index (χ1n) is 8.28. The molecule has 2 heterocycles. The van der Waals surface area contributed by atoms with Gasteiger partial charge in [0, 0.05) is 16.0 Å². The van der Waals surface area contributed by atoms with E-state index < -0.39 is 0 Å². The van der Waals surface area contributed by atoms with Crippen LogP contribution in [-0.4, -0.2) is 17.3 Å². The van der Waals surface area contributed by atoms with Gasteiger partial charge >= 0.3 is 4.87 Å². The Morgan fingerprint density at radius 1 is 1.17 bits per heavy atom. The van der Waals surface area contributed by atoms with Gasteiger partial charge in [0.05, 0.1) is 12.1 Å². The predicted molar refractivity (Wildman–Crippen MR) is 93.7 cm³/mol. The van der Waals surface area contributed by atoms with Gasteiger partial charge in [-0.1, -0.05) is 23.5 Å². The summed E-state index contributed by atoms with van der Waals surface area (Å²) in [4.78, 5) is 16.4. The molecule has 0 amide bonds. The average molecular weight is 345 g/mol. The molecule has 0 unspecified atom stereocenters. The maximum Gasteiger partial charge on any atom is 0.305 e. The fraction of sp³-hybridized carbons (Fsp3) is 0.500. The minimum absolute atomic E-state index is 0.0910. The lowest BCUT2D eigenvalue weighted by atomic mass is 9.75. The number of ether oxygens (including phenoxy) is 1. The summed E-state index contributed by atoms with van der Waals surface area (Å²) in [6, 6.07) is 8.48. The summed E-state index contributed by atoms with van der Waals surface area (Å²) in [5, 5.41) is 1.81. The van der Waals surface area contributed by atoms with Crippen LogP contribution in [0.1, 0.15) is 35.6 Å². The van der Waals surface area contributed by atoms with E-state index in [0.717, 1.165) is 22.6 Å². The number of benzene rings is 1. The molecule has 0 saturated heterocycles. The van der Waals surface area contributed by atoms with Crippen molar-refractivity contribution in [3.8, 4) is 5.75 Å². The first-order valence-corrected chi connectivity index (χ1v) is 9.98. The van der Waals surface area contributed by atoms with Crippen molar-refractivity contribution in [3.05, 3.63) is 44.4 Å². The lowest BCUT2D eigenvalue weighted by molar-refractivity contribution is 0.307. The van der Waals surface area contributed by atoms with Crippen molar-refractivity contribution in [2.24, 2.45) is 17.8 Å². The van der Waals surface area contributed by atoms with Gasteiger partial charge in [-0.25, -0.2) is 0 Å². The van der Waals surface area contributed by atoms with Gasteiger partial charge in [-0.15, -0.1) is 11.8 Å². The number of rotatable bonds is 2. The first-order chi connectivity index (χ1) is 11.2. The zero-order chi connectivity index (χ0) is 15.6. The first kappa shape index (κ1) is 14.2. The molecule has 0 radical (unpaired) electrons. The van der Waals surface area contributed by atoms with Crippen LogP contribution in [0.5, 0.6) is 5.75 Å². The zero-order valence-electron chi connectivity index (χ0n) is 13.0. The van der Waals surface area contributed by atoms with Crippen LogP contribution in [0.4, 0.5) is 0 Å². The highest BCUT2D eigenvalue weighted by Gasteiger charge is 2.54. The van der Waals surface area contributed by atoms with Crippen LogP contribution in [0, 0.1) is 17.8 Å². The summed E-state index contributed by atoms with van der Waals surface area (Å²) in [5.74, 6) is 3.63. The molecule has 2 aromatic rings. The van der Waals surface area contributed by atoms with Gasteiger partial charge in [0.15, 0.2) is 0 Å². The van der Waals surface area contributed by atoms with Gasteiger partial charge in [0.1, 0.15) is 5.75 Å². The zero-order valence-corrected chi connectivity index (χ0v) is 14.6. The van der Waals surface area contributed by atoms with Crippen LogP contribution in [-0.2, 0) is 0 Å². The number of hydrogen-bond acceptors (Lipinski definition) is 4. The molecular weight excluding hydrogens is 326 g/mol. The van der Waals surface area contributed by atoms with Crippen molar-refractivity contribution in [1.82, 2.24) is 4.98 Å². The van der Waals surface area contributed by atoms with Crippen LogP contribution in [0.2, 0.25) is 0 Å². The fourth-order valence-electron chi connectivity index (χ4n) is 5.03. The summed E-state index contributed by atoms with van der Waals surface area (Å²) in [6.45, 7) is 0. The number of aromatic amines is 1. The summed E-state index contributed by atoms with van der Waals surface area (Å²) in [7, 11) is 1.70. The standard InChI is InChI=1S/C18H19NO2S2/c1-21-12-6-4-9(5-7-12)13-14-10-2-3-11(8-10)15(14)22-17-16(13)23-18(20)19-17/h4-7,10-11,13-15H,2-3,8H2,1H3,(H,19,20)/t10-,11-,13+,14-,15-/m1/s1. The van der Waals surface area contributed by atoms with Crippen LogP contribution in [0.3, 0.4) is 0 Å². The fourth-order valence-corrected chi connectivity index (χ4v) is 7.93. The normalized spacial score (nSPS) is 34.2. The SMILES string of the molecule is COc1ccc([C@@H]2c3sc(=O)[nH]c3S[C@@H]3[C@@H]4CC[C@H](C4)[C@H]23)cc1. The van der Waals surface area contributed by atoms with Crippen LogP contribution < -0.4 is 9.61 Å². The van der Waals surface area contributed by atoms with Crippen molar-refractivity contribution in [3.63, 3.8) is 0 Å². The third-order valence-corrected chi connectivity index (χ3v) is 8.56. The Bertz CT molecular complexity index is 794. The predicted octanol–water partition coefficient (Wildman–Crippen LogP) is 4.10. The maximum atomic E-state index is 12.0. The quantitative estimate of drug-likeness (QED) is 0.891. The molecule has 120 valence electrons. The van der Waals surface area contributed by atoms with Gasteiger partial charge in [-0.3, -0.25) is 4.79 Å². The third kappa shape index (κ3) is 2.06. The Morgan fingerprint density at radius 2 is 1.96 bits per heavy atom. The van der Waals surface area contributed by atoms with Crippen molar-refractivity contribution in [1.29, 1.82) is 0 Å². The highest BCUT2D eigenvalue weighted by atomic mass is 32.2. The Balaban J connectivity index is 1.64. The molecule has 1 aromatic heterocycles. The van der Waals surface area contributed by atoms with Gasteiger partial charge < -0.3 is 9.72 Å². The highest BCUT2D eigenvalue weighted by Crippen LogP contribution is 2.63. The highest BCUT2D eigenvalue weighted by molar-refractivity contribution is 8.00. The summed E-state index contributed by atoms with van der Waals surface area (Å²) >= 11 is 3.36. The van der Waals surface area contributed by atoms with Crippen LogP contribution >= 0.6 is 23.1 Å². The summed E-state index contributed by atoms with van der Waals surface area (Å²) in [5.41, 5.74) is 1.34. The van der Waals surface area contributed by atoms with Crippen molar-refractivity contribution >= 4 is 23.1 Å². The van der Waals surface area contributed by atoms with E-state index in [1.165, 1.54) is 41.0 Å². The number of H-pyrrole nitrogens is 1. The molecule has 0 spiro atoms. The van der Waals surface area contributed by atoms with E-state index in [4.69, 9.17) is 4.74 Å². The van der Waals surface area contributed by atoms with Crippen LogP contribution in [0.15, 0.2) is 34.1 Å². The van der Waals surface area contributed by atoms with E-state index in [-0.39, 0.29) is 4.87 Å². The minimum Gasteiger partial charge on any atom is -0.497 e. The van der Waals surface area contributed by atoms with E-state index in [9.17, 15) is 4.79 Å². The second-order valence-electron chi connectivity index (χ2n) is 6.95. The van der Waals surface area contributed by atoms with E-state index in [1.54, 1.807) is 7.11 Å². The summed E-state index contributed by atoms with van der Waals surface area (Å²) in [6.07, 6.45) is 4.12. The largest absolute Gasteiger partial charge is 0.497 e. The van der Waals surface area contributed by atoms with Gasteiger partial charge in [0.25, 0.3) is 0 Å². The number of thiazole rings is 1. The molecule has 1 N–H and O–H groups in total. The third-order valence-electron chi connectivity index (χ3n) is 5.94. The number of thioether (sulfide) groups is 1. The number of fused-ring (bicyclic) bond motifs is 6. The second kappa shape index (κ2) is 5.15. The molecule has 3 aliphatic rings. The number of methoxy groups -OCH3 is 1. The topological polar surface area (TPSA) is 42.1 Å². The van der Waals surface area contributed by atoms with E-state index in [1.807, 2.05) is 23.9 Å². The molecule has 2 aliphatic carbocycles. The molecule has 2 fully saturated rings.